The van der Waals surface area contributed by atoms with Gasteiger partial charge in [-0.25, -0.2) is 9.59 Å². The zero-order valence-electron chi connectivity index (χ0n) is 10.3. The highest BCUT2D eigenvalue weighted by molar-refractivity contribution is 5.92. The molecule has 0 aliphatic rings. The average Bonchev–Trinajstić information content (AvgIpc) is 2.38. The van der Waals surface area contributed by atoms with Crippen molar-refractivity contribution in [2.24, 2.45) is 0 Å². The summed E-state index contributed by atoms with van der Waals surface area (Å²) in [4.78, 5) is 22.4. The van der Waals surface area contributed by atoms with Crippen LogP contribution < -0.4 is 0 Å². The Labute approximate surface area is 104 Å². The predicted molar refractivity (Wildman–Crippen MR) is 61.2 cm³/mol. The molecule has 98 valence electrons. The van der Waals surface area contributed by atoms with E-state index >= 15 is 0 Å². The monoisotopic (exact) mass is 254 g/mol. The molecule has 0 atom stereocenters. The molecule has 1 N–H and O–H groups in total. The van der Waals surface area contributed by atoms with Crippen LogP contribution in [0.1, 0.15) is 27.6 Å². The highest BCUT2D eigenvalue weighted by atomic mass is 16.9. The number of rotatable bonds is 5. The van der Waals surface area contributed by atoms with Crippen molar-refractivity contribution in [3.63, 3.8) is 0 Å². The second-order valence-corrected chi connectivity index (χ2v) is 3.54. The van der Waals surface area contributed by atoms with Crippen LogP contribution in [0.25, 0.3) is 0 Å². The maximum atomic E-state index is 11.7. The number of carboxylic acid groups (broad SMARTS) is 1. The van der Waals surface area contributed by atoms with Crippen LogP contribution >= 0.6 is 0 Å². The topological polar surface area (TPSA) is 82.1 Å². The molecule has 0 saturated heterocycles. The Morgan fingerprint density at radius 2 is 1.50 bits per heavy atom. The SMILES string of the molecule is COC(C)(OC)OC(=O)c1ccc(C(=O)O)cc1. The van der Waals surface area contributed by atoms with Crippen molar-refractivity contribution in [1.29, 1.82) is 0 Å². The first-order valence-electron chi connectivity index (χ1n) is 5.09. The lowest BCUT2D eigenvalue weighted by Gasteiger charge is -2.25. The third-order valence-corrected chi connectivity index (χ3v) is 2.39. The van der Waals surface area contributed by atoms with E-state index in [1.807, 2.05) is 0 Å². The summed E-state index contributed by atoms with van der Waals surface area (Å²) in [5, 5.41) is 8.72. The Balaban J connectivity index is 2.82. The molecule has 0 aliphatic heterocycles. The van der Waals surface area contributed by atoms with Crippen molar-refractivity contribution < 1.29 is 28.9 Å². The van der Waals surface area contributed by atoms with Crippen molar-refractivity contribution in [3.8, 4) is 0 Å². The highest BCUT2D eigenvalue weighted by Crippen LogP contribution is 2.15. The molecule has 1 rings (SSSR count). The largest absolute Gasteiger partial charge is 0.478 e. The molecular weight excluding hydrogens is 240 g/mol. The number of carbonyl (C=O) groups is 2. The van der Waals surface area contributed by atoms with Gasteiger partial charge in [-0.1, -0.05) is 0 Å². The molecule has 6 heteroatoms. The first-order chi connectivity index (χ1) is 8.41. The van der Waals surface area contributed by atoms with Crippen molar-refractivity contribution in [3.05, 3.63) is 35.4 Å². The van der Waals surface area contributed by atoms with Crippen LogP contribution in [0.15, 0.2) is 24.3 Å². The molecule has 0 unspecified atom stereocenters. The number of esters is 1. The maximum Gasteiger partial charge on any atom is 0.342 e. The van der Waals surface area contributed by atoms with Gasteiger partial charge in [0.1, 0.15) is 0 Å². The zero-order valence-corrected chi connectivity index (χ0v) is 10.3. The fraction of sp³-hybridized carbons (Fsp3) is 0.333. The summed E-state index contributed by atoms with van der Waals surface area (Å²) in [6.45, 7) is 1.44. The predicted octanol–water partition coefficient (Wildman–Crippen LogP) is 1.51. The molecule has 0 radical (unpaired) electrons. The lowest BCUT2D eigenvalue weighted by atomic mass is 10.1. The highest BCUT2D eigenvalue weighted by Gasteiger charge is 2.28. The van der Waals surface area contributed by atoms with E-state index in [1.54, 1.807) is 0 Å². The van der Waals surface area contributed by atoms with E-state index in [0.717, 1.165) is 0 Å². The van der Waals surface area contributed by atoms with Crippen molar-refractivity contribution in [1.82, 2.24) is 0 Å². The van der Waals surface area contributed by atoms with Crippen LogP contribution in [0.4, 0.5) is 0 Å². The van der Waals surface area contributed by atoms with Crippen LogP contribution in [-0.2, 0) is 14.2 Å². The van der Waals surface area contributed by atoms with Crippen LogP contribution in [0, 0.1) is 0 Å². The normalized spacial score (nSPS) is 11.1. The molecule has 0 spiro atoms. The van der Waals surface area contributed by atoms with E-state index in [0.29, 0.717) is 0 Å². The quantitative estimate of drug-likeness (QED) is 0.633. The summed E-state index contributed by atoms with van der Waals surface area (Å²) in [5.41, 5.74) is 0.299. The Bertz CT molecular complexity index is 432. The Kier molecular flexibility index (Phi) is 4.41. The number of methoxy groups -OCH3 is 2. The van der Waals surface area contributed by atoms with Gasteiger partial charge in [-0.2, -0.15) is 0 Å². The summed E-state index contributed by atoms with van der Waals surface area (Å²) in [5.74, 6) is -3.20. The van der Waals surface area contributed by atoms with Gasteiger partial charge in [0.25, 0.3) is 0 Å². The van der Waals surface area contributed by atoms with Gasteiger partial charge in [0.2, 0.25) is 0 Å². The summed E-state index contributed by atoms with van der Waals surface area (Å²) < 4.78 is 14.8. The number of aromatic carboxylic acids is 1. The smallest absolute Gasteiger partial charge is 0.342 e. The molecule has 0 aromatic heterocycles. The minimum atomic E-state index is -1.47. The van der Waals surface area contributed by atoms with Crippen LogP contribution in [0.5, 0.6) is 0 Å². The fourth-order valence-corrected chi connectivity index (χ4v) is 1.14. The van der Waals surface area contributed by atoms with Crippen LogP contribution in [0.2, 0.25) is 0 Å². The van der Waals surface area contributed by atoms with Crippen molar-refractivity contribution in [2.45, 2.75) is 12.9 Å². The second kappa shape index (κ2) is 5.61. The second-order valence-electron chi connectivity index (χ2n) is 3.54. The van der Waals surface area contributed by atoms with Crippen LogP contribution in [0.3, 0.4) is 0 Å². The standard InChI is InChI=1S/C12H14O6/c1-12(16-2,17-3)18-11(15)9-6-4-8(5-7-9)10(13)14/h4-7H,1-3H3,(H,13,14). The van der Waals surface area contributed by atoms with Crippen LogP contribution in [-0.4, -0.2) is 37.2 Å². The number of carbonyl (C=O) groups excluding carboxylic acids is 1. The number of benzene rings is 1. The van der Waals surface area contributed by atoms with Gasteiger partial charge < -0.3 is 19.3 Å². The maximum absolute atomic E-state index is 11.7. The average molecular weight is 254 g/mol. The Morgan fingerprint density at radius 1 is 1.06 bits per heavy atom. The van der Waals surface area contributed by atoms with Crippen molar-refractivity contribution >= 4 is 11.9 Å². The summed E-state index contributed by atoms with van der Waals surface area (Å²) in [6, 6.07) is 5.35. The number of hydrogen-bond donors (Lipinski definition) is 1. The van der Waals surface area contributed by atoms with E-state index in [1.165, 1.54) is 45.4 Å². The molecule has 0 aliphatic carbocycles. The first-order valence-corrected chi connectivity index (χ1v) is 5.09. The van der Waals surface area contributed by atoms with Gasteiger partial charge in [-0.15, -0.1) is 0 Å². The minimum absolute atomic E-state index is 0.0906. The molecule has 18 heavy (non-hydrogen) atoms. The molecular formula is C12H14O6. The van der Waals surface area contributed by atoms with E-state index in [-0.39, 0.29) is 11.1 Å². The van der Waals surface area contributed by atoms with Gasteiger partial charge in [-0.3, -0.25) is 0 Å². The van der Waals surface area contributed by atoms with Gasteiger partial charge in [0.15, 0.2) is 0 Å². The Hall–Kier alpha value is -1.92. The fourth-order valence-electron chi connectivity index (χ4n) is 1.14. The Morgan fingerprint density at radius 3 is 1.89 bits per heavy atom. The lowest BCUT2D eigenvalue weighted by molar-refractivity contribution is -0.323. The van der Waals surface area contributed by atoms with E-state index in [9.17, 15) is 9.59 Å². The molecule has 0 saturated carbocycles. The summed E-state index contributed by atoms with van der Waals surface area (Å²) in [7, 11) is 2.68. The van der Waals surface area contributed by atoms with Crippen molar-refractivity contribution in [2.75, 3.05) is 14.2 Å². The number of carboxylic acids is 1. The number of hydrogen-bond acceptors (Lipinski definition) is 5. The molecule has 0 fully saturated rings. The molecule has 1 aromatic rings. The third-order valence-electron chi connectivity index (χ3n) is 2.39. The minimum Gasteiger partial charge on any atom is -0.478 e. The molecule has 0 heterocycles. The summed E-state index contributed by atoms with van der Waals surface area (Å²) in [6.07, 6.45) is 0. The first kappa shape index (κ1) is 14.1. The van der Waals surface area contributed by atoms with E-state index < -0.39 is 17.9 Å². The van der Waals surface area contributed by atoms with Gasteiger partial charge in [0, 0.05) is 21.1 Å². The van der Waals surface area contributed by atoms with E-state index in [2.05, 4.69) is 0 Å². The molecule has 0 bridgehead atoms. The molecule has 6 nitrogen and oxygen atoms in total. The van der Waals surface area contributed by atoms with Gasteiger partial charge in [0.05, 0.1) is 11.1 Å². The summed E-state index contributed by atoms with van der Waals surface area (Å²) >= 11 is 0. The third kappa shape index (κ3) is 3.28. The number of ether oxygens (including phenoxy) is 3. The van der Waals surface area contributed by atoms with Gasteiger partial charge >= 0.3 is 17.9 Å². The lowest BCUT2D eigenvalue weighted by Crippen LogP contribution is -2.35. The van der Waals surface area contributed by atoms with E-state index in [4.69, 9.17) is 19.3 Å². The molecule has 0 amide bonds. The van der Waals surface area contributed by atoms with Gasteiger partial charge in [-0.05, 0) is 24.3 Å². The molecule has 1 aromatic carbocycles. The zero-order chi connectivity index (χ0) is 13.8.